The molecular formula is C13H5Cl3N4O. The summed E-state index contributed by atoms with van der Waals surface area (Å²) in [4.78, 5) is 14.1. The van der Waals surface area contributed by atoms with E-state index in [1.165, 1.54) is 12.1 Å². The average Bonchev–Trinajstić information content (AvgIpc) is 2.42. The van der Waals surface area contributed by atoms with Crippen LogP contribution in [0.25, 0.3) is 11.1 Å². The van der Waals surface area contributed by atoms with Crippen LogP contribution in [0.4, 0.5) is 5.82 Å². The van der Waals surface area contributed by atoms with Gasteiger partial charge in [-0.25, -0.2) is 0 Å². The van der Waals surface area contributed by atoms with Crippen molar-refractivity contribution in [2.24, 2.45) is 0 Å². The second-order valence-corrected chi connectivity index (χ2v) is 5.19. The van der Waals surface area contributed by atoms with Crippen LogP contribution in [0.1, 0.15) is 11.1 Å². The van der Waals surface area contributed by atoms with Gasteiger partial charge in [0.25, 0.3) is 5.56 Å². The van der Waals surface area contributed by atoms with Crippen LogP contribution < -0.4 is 11.3 Å². The summed E-state index contributed by atoms with van der Waals surface area (Å²) < 4.78 is 0. The number of nitrogens with two attached hydrogens (primary N) is 1. The topological polar surface area (TPSA) is 106 Å². The van der Waals surface area contributed by atoms with Crippen molar-refractivity contribution < 1.29 is 0 Å². The van der Waals surface area contributed by atoms with Gasteiger partial charge in [0, 0.05) is 16.1 Å². The molecule has 1 heterocycles. The first-order valence-corrected chi connectivity index (χ1v) is 6.55. The first-order valence-electron chi connectivity index (χ1n) is 5.41. The van der Waals surface area contributed by atoms with Crippen molar-refractivity contribution in [1.82, 2.24) is 4.98 Å². The molecule has 3 N–H and O–H groups in total. The summed E-state index contributed by atoms with van der Waals surface area (Å²) in [7, 11) is 0. The van der Waals surface area contributed by atoms with Gasteiger partial charge in [-0.1, -0.05) is 34.8 Å². The van der Waals surface area contributed by atoms with Gasteiger partial charge in [-0.15, -0.1) is 0 Å². The van der Waals surface area contributed by atoms with Crippen LogP contribution >= 0.6 is 34.8 Å². The number of nitrogens with zero attached hydrogens (tertiary/aromatic N) is 2. The molecule has 0 amide bonds. The van der Waals surface area contributed by atoms with E-state index in [2.05, 4.69) is 4.98 Å². The normalized spacial score (nSPS) is 9.95. The number of H-pyrrole nitrogens is 1. The standard InChI is InChI=1S/C13H5Cl3N4O/c14-5-1-6(11(16)9(15)2-5)10-7(3-17)12(19)20-13(21)8(10)4-18/h1-2H,(H3,19,20,21). The van der Waals surface area contributed by atoms with E-state index in [0.717, 1.165) is 0 Å². The van der Waals surface area contributed by atoms with E-state index in [0.29, 0.717) is 0 Å². The summed E-state index contributed by atoms with van der Waals surface area (Å²) in [6.07, 6.45) is 0. The molecule has 0 bridgehead atoms. The summed E-state index contributed by atoms with van der Waals surface area (Å²) in [5.74, 6) is -0.163. The van der Waals surface area contributed by atoms with Crippen molar-refractivity contribution in [2.75, 3.05) is 5.73 Å². The quantitative estimate of drug-likeness (QED) is 0.777. The lowest BCUT2D eigenvalue weighted by Crippen LogP contribution is -2.16. The second-order valence-electron chi connectivity index (χ2n) is 3.97. The molecule has 0 unspecified atom stereocenters. The van der Waals surface area contributed by atoms with Gasteiger partial charge in [-0.3, -0.25) is 4.79 Å². The molecule has 2 rings (SSSR count). The van der Waals surface area contributed by atoms with Crippen LogP contribution in [0.2, 0.25) is 15.1 Å². The van der Waals surface area contributed by atoms with Gasteiger partial charge in [0.15, 0.2) is 0 Å². The van der Waals surface area contributed by atoms with Gasteiger partial charge in [-0.05, 0) is 12.1 Å². The van der Waals surface area contributed by atoms with Crippen molar-refractivity contribution in [3.8, 4) is 23.3 Å². The number of aromatic nitrogens is 1. The number of halogens is 3. The summed E-state index contributed by atoms with van der Waals surface area (Å²) >= 11 is 18.0. The van der Waals surface area contributed by atoms with Crippen molar-refractivity contribution in [1.29, 1.82) is 10.5 Å². The molecule has 0 atom stereocenters. The zero-order chi connectivity index (χ0) is 15.7. The first-order chi connectivity index (χ1) is 9.90. The molecule has 0 aliphatic carbocycles. The highest BCUT2D eigenvalue weighted by molar-refractivity contribution is 6.45. The van der Waals surface area contributed by atoms with E-state index >= 15 is 0 Å². The predicted molar refractivity (Wildman–Crippen MR) is 81.4 cm³/mol. The zero-order valence-electron chi connectivity index (χ0n) is 10.2. The molecule has 21 heavy (non-hydrogen) atoms. The molecule has 8 heteroatoms. The summed E-state index contributed by atoms with van der Waals surface area (Å²) in [5, 5.41) is 18.8. The number of hydrogen-bond donors (Lipinski definition) is 2. The Bertz CT molecular complexity index is 890. The van der Waals surface area contributed by atoms with Crippen molar-refractivity contribution in [3.63, 3.8) is 0 Å². The van der Waals surface area contributed by atoms with Gasteiger partial charge in [-0.2, -0.15) is 10.5 Å². The molecule has 5 nitrogen and oxygen atoms in total. The van der Waals surface area contributed by atoms with Gasteiger partial charge < -0.3 is 10.7 Å². The Morgan fingerprint density at radius 2 is 1.71 bits per heavy atom. The molecule has 2 aromatic rings. The number of nitriles is 2. The van der Waals surface area contributed by atoms with Crippen LogP contribution in [0.3, 0.4) is 0 Å². The van der Waals surface area contributed by atoms with E-state index in [1.54, 1.807) is 6.07 Å². The fourth-order valence-corrected chi connectivity index (χ4v) is 2.55. The SMILES string of the molecule is N#Cc1c(N)[nH]c(=O)c(C#N)c1-c1cc(Cl)cc(Cl)c1Cl. The number of aromatic amines is 1. The predicted octanol–water partition coefficient (Wildman–Crippen LogP) is 3.33. The number of hydrogen-bond acceptors (Lipinski definition) is 4. The number of rotatable bonds is 1. The smallest absolute Gasteiger partial charge is 0.268 e. The summed E-state index contributed by atoms with van der Waals surface area (Å²) in [5.41, 5.74) is 4.73. The molecule has 0 spiro atoms. The van der Waals surface area contributed by atoms with Gasteiger partial charge >= 0.3 is 0 Å². The van der Waals surface area contributed by atoms with Crippen molar-refractivity contribution in [2.45, 2.75) is 0 Å². The Morgan fingerprint density at radius 3 is 2.29 bits per heavy atom. The third kappa shape index (κ3) is 2.55. The van der Waals surface area contributed by atoms with Crippen LogP contribution in [0.5, 0.6) is 0 Å². The largest absolute Gasteiger partial charge is 0.384 e. The molecule has 0 fully saturated rings. The second kappa shape index (κ2) is 5.67. The maximum Gasteiger partial charge on any atom is 0.268 e. The zero-order valence-corrected chi connectivity index (χ0v) is 12.4. The number of anilines is 1. The van der Waals surface area contributed by atoms with E-state index < -0.39 is 5.56 Å². The highest BCUT2D eigenvalue weighted by Gasteiger charge is 2.21. The van der Waals surface area contributed by atoms with E-state index in [9.17, 15) is 15.3 Å². The minimum atomic E-state index is -0.726. The van der Waals surface area contributed by atoms with Gasteiger partial charge in [0.05, 0.1) is 10.0 Å². The Hall–Kier alpha value is -2.18. The third-order valence-electron chi connectivity index (χ3n) is 2.73. The number of benzene rings is 1. The van der Waals surface area contributed by atoms with Crippen LogP contribution in [0.15, 0.2) is 16.9 Å². The maximum absolute atomic E-state index is 11.8. The van der Waals surface area contributed by atoms with E-state index in [-0.39, 0.29) is 43.1 Å². The lowest BCUT2D eigenvalue weighted by molar-refractivity contribution is 1.21. The lowest BCUT2D eigenvalue weighted by atomic mass is 9.96. The Morgan fingerprint density at radius 1 is 1.10 bits per heavy atom. The van der Waals surface area contributed by atoms with Crippen molar-refractivity contribution >= 4 is 40.6 Å². The maximum atomic E-state index is 11.8. The Balaban J connectivity index is 3.04. The lowest BCUT2D eigenvalue weighted by Gasteiger charge is -2.11. The fourth-order valence-electron chi connectivity index (χ4n) is 1.85. The first kappa shape index (κ1) is 15.2. The van der Waals surface area contributed by atoms with E-state index in [4.69, 9.17) is 40.5 Å². The molecule has 0 radical (unpaired) electrons. The van der Waals surface area contributed by atoms with Gasteiger partial charge in [0.1, 0.15) is 29.1 Å². The van der Waals surface area contributed by atoms with Crippen LogP contribution in [-0.2, 0) is 0 Å². The number of nitrogen functional groups attached to an aromatic ring is 1. The average molecular weight is 340 g/mol. The molecule has 104 valence electrons. The highest BCUT2D eigenvalue weighted by atomic mass is 35.5. The van der Waals surface area contributed by atoms with E-state index in [1.807, 2.05) is 6.07 Å². The van der Waals surface area contributed by atoms with Crippen LogP contribution in [0, 0.1) is 22.7 Å². The number of nitrogens with one attached hydrogen (secondary N) is 1. The fraction of sp³-hybridized carbons (Fsp3) is 0. The minimum Gasteiger partial charge on any atom is -0.384 e. The molecule has 0 saturated heterocycles. The third-order valence-corrected chi connectivity index (χ3v) is 3.75. The molecule has 1 aromatic carbocycles. The van der Waals surface area contributed by atoms with Gasteiger partial charge in [0.2, 0.25) is 0 Å². The summed E-state index contributed by atoms with van der Waals surface area (Å²) in [6.45, 7) is 0. The number of pyridine rings is 1. The Kier molecular flexibility index (Phi) is 4.11. The minimum absolute atomic E-state index is 0.00986. The molecule has 0 aliphatic heterocycles. The Labute approximate surface area is 134 Å². The highest BCUT2D eigenvalue weighted by Crippen LogP contribution is 2.39. The molecular weight excluding hydrogens is 335 g/mol. The van der Waals surface area contributed by atoms with Crippen molar-refractivity contribution in [3.05, 3.63) is 48.7 Å². The molecule has 0 saturated carbocycles. The monoisotopic (exact) mass is 338 g/mol. The molecule has 1 aromatic heterocycles. The van der Waals surface area contributed by atoms with Crippen LogP contribution in [-0.4, -0.2) is 4.98 Å². The summed E-state index contributed by atoms with van der Waals surface area (Å²) in [6, 6.07) is 6.39. The molecule has 0 aliphatic rings.